The first-order valence-corrected chi connectivity index (χ1v) is 5.63. The second-order valence-corrected chi connectivity index (χ2v) is 3.68. The number of hydrogen-bond acceptors (Lipinski definition) is 4. The normalized spacial score (nSPS) is 9.67. The average molecular weight is 250 g/mol. The number of carbonyl (C=O) groups excluding carboxylic acids is 1. The van der Waals surface area contributed by atoms with Gasteiger partial charge in [-0.3, -0.25) is 4.79 Å². The molecule has 0 aliphatic rings. The molecule has 4 nitrogen and oxygen atoms in total. The van der Waals surface area contributed by atoms with E-state index >= 15 is 0 Å². The molecule has 0 bridgehead atoms. The third-order valence-electron chi connectivity index (χ3n) is 2.61. The van der Waals surface area contributed by atoms with Crippen molar-refractivity contribution >= 4 is 11.7 Å². The summed E-state index contributed by atoms with van der Waals surface area (Å²) in [6.07, 6.45) is 0.229. The number of halogens is 1. The Kier molecular flexibility index (Phi) is 5.12. The molecule has 0 aromatic heterocycles. The summed E-state index contributed by atoms with van der Waals surface area (Å²) in [6.45, 7) is 2.96. The molecule has 1 aromatic rings. The molecule has 5 heteroatoms. The van der Waals surface area contributed by atoms with Gasteiger partial charge in [-0.25, -0.2) is 4.39 Å². The van der Waals surface area contributed by atoms with E-state index in [0.717, 1.165) is 0 Å². The zero-order valence-electron chi connectivity index (χ0n) is 10.4. The van der Waals surface area contributed by atoms with Crippen LogP contribution in [0.2, 0.25) is 0 Å². The molecular formula is C13H15FN2O2. The van der Waals surface area contributed by atoms with Crippen molar-refractivity contribution in [3.05, 3.63) is 29.6 Å². The van der Waals surface area contributed by atoms with E-state index in [-0.39, 0.29) is 18.0 Å². The number of rotatable bonds is 5. The van der Waals surface area contributed by atoms with Crippen molar-refractivity contribution in [3.8, 4) is 6.07 Å². The maximum atomic E-state index is 13.0. The third-order valence-corrected chi connectivity index (χ3v) is 2.61. The zero-order valence-corrected chi connectivity index (χ0v) is 10.4. The highest BCUT2D eigenvalue weighted by atomic mass is 19.1. The molecule has 0 aliphatic heterocycles. The summed E-state index contributed by atoms with van der Waals surface area (Å²) in [4.78, 5) is 12.9. The number of benzene rings is 1. The largest absolute Gasteiger partial charge is 0.469 e. The fourth-order valence-corrected chi connectivity index (χ4v) is 1.65. The molecule has 0 amide bonds. The summed E-state index contributed by atoms with van der Waals surface area (Å²) in [5.41, 5.74) is 0.895. The van der Waals surface area contributed by atoms with Gasteiger partial charge in [-0.15, -0.1) is 0 Å². The van der Waals surface area contributed by atoms with Crippen LogP contribution in [-0.2, 0) is 9.53 Å². The highest BCUT2D eigenvalue weighted by molar-refractivity contribution is 5.70. The SMILES string of the molecule is CCN(CCC(=O)OC)c1ccc(F)cc1C#N. The Hall–Kier alpha value is -2.09. The molecule has 0 heterocycles. The number of hydrogen-bond donors (Lipinski definition) is 0. The number of anilines is 1. The standard InChI is InChI=1S/C13H15FN2O2/c1-3-16(7-6-13(17)18-2)12-5-4-11(14)8-10(12)9-15/h4-5,8H,3,6-7H2,1-2H3. The van der Waals surface area contributed by atoms with Crippen molar-refractivity contribution in [1.29, 1.82) is 5.26 Å². The van der Waals surface area contributed by atoms with Crippen molar-refractivity contribution in [2.24, 2.45) is 0 Å². The van der Waals surface area contributed by atoms with Crippen molar-refractivity contribution in [2.75, 3.05) is 25.1 Å². The van der Waals surface area contributed by atoms with Crippen LogP contribution in [-0.4, -0.2) is 26.2 Å². The van der Waals surface area contributed by atoms with Crippen molar-refractivity contribution < 1.29 is 13.9 Å². The lowest BCUT2D eigenvalue weighted by molar-refractivity contribution is -0.140. The molecule has 18 heavy (non-hydrogen) atoms. The Balaban J connectivity index is 2.88. The Morgan fingerprint density at radius 3 is 2.83 bits per heavy atom. The van der Waals surface area contributed by atoms with Gasteiger partial charge in [0.1, 0.15) is 11.9 Å². The van der Waals surface area contributed by atoms with Crippen LogP contribution in [0.15, 0.2) is 18.2 Å². The van der Waals surface area contributed by atoms with Crippen LogP contribution >= 0.6 is 0 Å². The van der Waals surface area contributed by atoms with Gasteiger partial charge in [-0.2, -0.15) is 5.26 Å². The monoisotopic (exact) mass is 250 g/mol. The van der Waals surface area contributed by atoms with E-state index < -0.39 is 5.82 Å². The number of nitriles is 1. The molecule has 0 spiro atoms. The van der Waals surface area contributed by atoms with Crippen LogP contribution in [0, 0.1) is 17.1 Å². The summed E-state index contributed by atoms with van der Waals surface area (Å²) in [7, 11) is 1.33. The Morgan fingerprint density at radius 2 is 2.28 bits per heavy atom. The van der Waals surface area contributed by atoms with Gasteiger partial charge in [0.2, 0.25) is 0 Å². The van der Waals surface area contributed by atoms with Gasteiger partial charge in [0.15, 0.2) is 0 Å². The number of carbonyl (C=O) groups is 1. The molecular weight excluding hydrogens is 235 g/mol. The first kappa shape index (κ1) is 14.0. The summed E-state index contributed by atoms with van der Waals surface area (Å²) in [6, 6.07) is 6.00. The van der Waals surface area contributed by atoms with E-state index in [1.807, 2.05) is 17.9 Å². The molecule has 0 atom stereocenters. The van der Waals surface area contributed by atoms with Gasteiger partial charge in [-0.1, -0.05) is 0 Å². The number of esters is 1. The first-order valence-electron chi connectivity index (χ1n) is 5.63. The van der Waals surface area contributed by atoms with Crippen LogP contribution in [0.25, 0.3) is 0 Å². The number of ether oxygens (including phenoxy) is 1. The lowest BCUT2D eigenvalue weighted by atomic mass is 10.1. The molecule has 1 rings (SSSR count). The van der Waals surface area contributed by atoms with E-state index in [9.17, 15) is 9.18 Å². The van der Waals surface area contributed by atoms with E-state index in [4.69, 9.17) is 5.26 Å². The number of nitrogens with zero attached hydrogens (tertiary/aromatic N) is 2. The minimum atomic E-state index is -0.445. The second-order valence-electron chi connectivity index (χ2n) is 3.68. The highest BCUT2D eigenvalue weighted by Gasteiger charge is 2.12. The van der Waals surface area contributed by atoms with Gasteiger partial charge >= 0.3 is 5.97 Å². The minimum absolute atomic E-state index is 0.229. The number of methoxy groups -OCH3 is 1. The maximum absolute atomic E-state index is 13.0. The Morgan fingerprint density at radius 1 is 1.56 bits per heavy atom. The average Bonchev–Trinajstić information content (AvgIpc) is 2.40. The molecule has 0 aliphatic carbocycles. The first-order chi connectivity index (χ1) is 8.62. The van der Waals surface area contributed by atoms with Crippen molar-refractivity contribution in [3.63, 3.8) is 0 Å². The zero-order chi connectivity index (χ0) is 13.5. The lowest BCUT2D eigenvalue weighted by Gasteiger charge is -2.23. The van der Waals surface area contributed by atoms with Crippen LogP contribution in [0.5, 0.6) is 0 Å². The molecule has 0 N–H and O–H groups in total. The third kappa shape index (κ3) is 3.45. The summed E-state index contributed by atoms with van der Waals surface area (Å²) in [5, 5.41) is 8.98. The van der Waals surface area contributed by atoms with E-state index in [2.05, 4.69) is 4.74 Å². The smallest absolute Gasteiger partial charge is 0.307 e. The topological polar surface area (TPSA) is 53.3 Å². The quantitative estimate of drug-likeness (QED) is 0.751. The van der Waals surface area contributed by atoms with Gasteiger partial charge in [0.05, 0.1) is 24.8 Å². The molecule has 0 saturated heterocycles. The summed E-state index contributed by atoms with van der Waals surface area (Å²) in [5.74, 6) is -0.756. The molecule has 1 aromatic carbocycles. The molecule has 0 fully saturated rings. The van der Waals surface area contributed by atoms with Gasteiger partial charge in [-0.05, 0) is 25.1 Å². The summed E-state index contributed by atoms with van der Waals surface area (Å²) >= 11 is 0. The maximum Gasteiger partial charge on any atom is 0.307 e. The molecule has 96 valence electrons. The molecule has 0 unspecified atom stereocenters. The van der Waals surface area contributed by atoms with Gasteiger partial charge in [0, 0.05) is 13.1 Å². The fraction of sp³-hybridized carbons (Fsp3) is 0.385. The Bertz CT molecular complexity index is 469. The highest BCUT2D eigenvalue weighted by Crippen LogP contribution is 2.21. The Labute approximate surface area is 106 Å². The van der Waals surface area contributed by atoms with E-state index in [1.165, 1.54) is 19.2 Å². The molecule has 0 saturated carbocycles. The van der Waals surface area contributed by atoms with E-state index in [0.29, 0.717) is 18.8 Å². The summed E-state index contributed by atoms with van der Waals surface area (Å²) < 4.78 is 17.6. The van der Waals surface area contributed by atoms with Crippen molar-refractivity contribution in [1.82, 2.24) is 0 Å². The predicted octanol–water partition coefficient (Wildman–Crippen LogP) is 2.09. The van der Waals surface area contributed by atoms with Gasteiger partial charge < -0.3 is 9.64 Å². The van der Waals surface area contributed by atoms with Crippen LogP contribution in [0.3, 0.4) is 0 Å². The van der Waals surface area contributed by atoms with E-state index in [1.54, 1.807) is 6.07 Å². The van der Waals surface area contributed by atoms with Crippen LogP contribution < -0.4 is 4.90 Å². The second kappa shape index (κ2) is 6.60. The predicted molar refractivity (Wildman–Crippen MR) is 65.6 cm³/mol. The molecule has 0 radical (unpaired) electrons. The fourth-order valence-electron chi connectivity index (χ4n) is 1.65. The van der Waals surface area contributed by atoms with Crippen LogP contribution in [0.4, 0.5) is 10.1 Å². The lowest BCUT2D eigenvalue weighted by Crippen LogP contribution is -2.26. The van der Waals surface area contributed by atoms with Crippen molar-refractivity contribution in [2.45, 2.75) is 13.3 Å². The van der Waals surface area contributed by atoms with Crippen LogP contribution in [0.1, 0.15) is 18.9 Å². The van der Waals surface area contributed by atoms with Gasteiger partial charge in [0.25, 0.3) is 0 Å². The minimum Gasteiger partial charge on any atom is -0.469 e.